The van der Waals surface area contributed by atoms with E-state index in [0.717, 1.165) is 32.4 Å². The Morgan fingerprint density at radius 2 is 1.96 bits per heavy atom. The van der Waals surface area contributed by atoms with Crippen molar-refractivity contribution in [1.29, 1.82) is 0 Å². The van der Waals surface area contributed by atoms with E-state index in [-0.39, 0.29) is 30.3 Å². The maximum absolute atomic E-state index is 12.5. The number of likely N-dealkylation sites (N-methyl/N-ethyl adjacent to an activating group) is 1. The van der Waals surface area contributed by atoms with E-state index in [4.69, 9.17) is 0 Å². The monoisotopic (exact) mass is 343 g/mol. The molecule has 2 amide bonds. The first-order valence-electron chi connectivity index (χ1n) is 9.46. The van der Waals surface area contributed by atoms with Gasteiger partial charge in [-0.05, 0) is 38.7 Å². The molecule has 0 unspecified atom stereocenters. The highest BCUT2D eigenvalue weighted by molar-refractivity contribution is 5.87. The number of nitrogens with one attached hydrogen (secondary N) is 1. The summed E-state index contributed by atoms with van der Waals surface area (Å²) >= 11 is 0. The second kappa shape index (κ2) is 8.00. The Morgan fingerprint density at radius 1 is 1.24 bits per heavy atom. The lowest BCUT2D eigenvalue weighted by molar-refractivity contribution is -0.134. The average Bonchev–Trinajstić information content (AvgIpc) is 3.39. The highest BCUT2D eigenvalue weighted by Gasteiger charge is 2.33. The Bertz CT molecular complexity index is 600. The van der Waals surface area contributed by atoms with Crippen LogP contribution in [0.25, 0.3) is 0 Å². The van der Waals surface area contributed by atoms with Crippen molar-refractivity contribution < 1.29 is 9.59 Å². The van der Waals surface area contributed by atoms with Crippen LogP contribution in [0.3, 0.4) is 0 Å². The van der Waals surface area contributed by atoms with Crippen LogP contribution >= 0.6 is 0 Å². The number of carbonyl (C=O) groups excluding carboxylic acids is 2. The van der Waals surface area contributed by atoms with Crippen LogP contribution in [0.2, 0.25) is 0 Å². The van der Waals surface area contributed by atoms with Crippen molar-refractivity contribution in [3.8, 4) is 0 Å². The van der Waals surface area contributed by atoms with Crippen molar-refractivity contribution in [3.05, 3.63) is 35.9 Å². The molecule has 2 fully saturated rings. The van der Waals surface area contributed by atoms with E-state index in [1.54, 1.807) is 0 Å². The van der Waals surface area contributed by atoms with Crippen LogP contribution in [0.1, 0.15) is 44.7 Å². The number of carbonyl (C=O) groups is 2. The van der Waals surface area contributed by atoms with E-state index in [9.17, 15) is 9.59 Å². The molecule has 1 saturated carbocycles. The molecule has 1 N–H and O–H groups in total. The van der Waals surface area contributed by atoms with Gasteiger partial charge in [0.25, 0.3) is 0 Å². The topological polar surface area (TPSA) is 52.7 Å². The number of amides is 2. The molecule has 0 aromatic heterocycles. The van der Waals surface area contributed by atoms with Gasteiger partial charge in [-0.25, -0.2) is 0 Å². The Labute approximate surface area is 150 Å². The van der Waals surface area contributed by atoms with Gasteiger partial charge in [-0.15, -0.1) is 0 Å². The van der Waals surface area contributed by atoms with Crippen LogP contribution in [0.5, 0.6) is 0 Å². The molecule has 1 heterocycles. The van der Waals surface area contributed by atoms with Crippen molar-refractivity contribution >= 4 is 11.8 Å². The van der Waals surface area contributed by atoms with E-state index in [2.05, 4.69) is 41.4 Å². The molecule has 1 aliphatic heterocycles. The van der Waals surface area contributed by atoms with E-state index in [0.29, 0.717) is 12.6 Å². The zero-order valence-corrected chi connectivity index (χ0v) is 15.3. The minimum Gasteiger partial charge on any atom is -0.347 e. The minimum absolute atomic E-state index is 0.0372. The number of likely N-dealkylation sites (tertiary alicyclic amines) is 1. The molecule has 2 aliphatic rings. The van der Waals surface area contributed by atoms with Crippen LogP contribution in [0.4, 0.5) is 0 Å². The smallest absolute Gasteiger partial charge is 0.242 e. The Balaban J connectivity index is 1.53. The van der Waals surface area contributed by atoms with E-state index in [1.807, 2.05) is 17.9 Å². The maximum Gasteiger partial charge on any atom is 0.242 e. The highest BCUT2D eigenvalue weighted by Crippen LogP contribution is 2.29. The maximum atomic E-state index is 12.5. The normalized spacial score (nSPS) is 21.8. The lowest BCUT2D eigenvalue weighted by atomic mass is 10.1. The van der Waals surface area contributed by atoms with Gasteiger partial charge in [0, 0.05) is 37.6 Å². The summed E-state index contributed by atoms with van der Waals surface area (Å²) in [6, 6.07) is 11.1. The summed E-state index contributed by atoms with van der Waals surface area (Å²) in [5, 5.41) is 2.80. The molecule has 2 atom stereocenters. The number of nitrogens with zero attached hydrogens (tertiary/aromatic N) is 2. The molecule has 1 saturated heterocycles. The molecule has 0 bridgehead atoms. The van der Waals surface area contributed by atoms with E-state index >= 15 is 0 Å². The van der Waals surface area contributed by atoms with Gasteiger partial charge in [-0.3, -0.25) is 14.5 Å². The molecule has 136 valence electrons. The first-order chi connectivity index (χ1) is 12.1. The SMILES string of the molecule is CCN(C(=O)CNC(=O)C1CC1)[C@@H]1CCN([C@@H](C)c2ccccc2)C1. The number of rotatable bonds is 7. The average molecular weight is 343 g/mol. The van der Waals surface area contributed by atoms with Gasteiger partial charge in [0.15, 0.2) is 0 Å². The van der Waals surface area contributed by atoms with Crippen molar-refractivity contribution in [2.45, 2.75) is 45.2 Å². The third-order valence-corrected chi connectivity index (χ3v) is 5.49. The summed E-state index contributed by atoms with van der Waals surface area (Å²) in [6.45, 7) is 6.96. The number of benzene rings is 1. The summed E-state index contributed by atoms with van der Waals surface area (Å²) in [7, 11) is 0. The summed E-state index contributed by atoms with van der Waals surface area (Å²) < 4.78 is 0. The molecule has 0 radical (unpaired) electrons. The van der Waals surface area contributed by atoms with Gasteiger partial charge in [-0.1, -0.05) is 30.3 Å². The molecule has 5 heteroatoms. The number of hydrogen-bond acceptors (Lipinski definition) is 3. The first-order valence-corrected chi connectivity index (χ1v) is 9.46. The zero-order chi connectivity index (χ0) is 17.8. The fourth-order valence-electron chi connectivity index (χ4n) is 3.71. The van der Waals surface area contributed by atoms with Gasteiger partial charge in [0.2, 0.25) is 11.8 Å². The van der Waals surface area contributed by atoms with Crippen molar-refractivity contribution in [3.63, 3.8) is 0 Å². The van der Waals surface area contributed by atoms with Gasteiger partial charge in [-0.2, -0.15) is 0 Å². The Morgan fingerprint density at radius 3 is 2.60 bits per heavy atom. The fourth-order valence-corrected chi connectivity index (χ4v) is 3.71. The zero-order valence-electron chi connectivity index (χ0n) is 15.3. The van der Waals surface area contributed by atoms with Crippen molar-refractivity contribution in [1.82, 2.24) is 15.1 Å². The Kier molecular flexibility index (Phi) is 5.74. The van der Waals surface area contributed by atoms with E-state index in [1.165, 1.54) is 5.56 Å². The number of hydrogen-bond donors (Lipinski definition) is 1. The largest absolute Gasteiger partial charge is 0.347 e. The van der Waals surface area contributed by atoms with Crippen molar-refractivity contribution in [2.24, 2.45) is 5.92 Å². The predicted octanol–water partition coefficient (Wildman–Crippen LogP) is 2.20. The van der Waals surface area contributed by atoms with Crippen LogP contribution in [-0.2, 0) is 9.59 Å². The second-order valence-corrected chi connectivity index (χ2v) is 7.20. The first kappa shape index (κ1) is 17.9. The molecule has 25 heavy (non-hydrogen) atoms. The third-order valence-electron chi connectivity index (χ3n) is 5.49. The van der Waals surface area contributed by atoms with Gasteiger partial charge in [0.05, 0.1) is 6.54 Å². The molecule has 0 spiro atoms. The lowest BCUT2D eigenvalue weighted by Gasteiger charge is -2.30. The summed E-state index contributed by atoms with van der Waals surface area (Å²) in [6.07, 6.45) is 2.92. The van der Waals surface area contributed by atoms with Gasteiger partial charge in [0.1, 0.15) is 0 Å². The predicted molar refractivity (Wildman–Crippen MR) is 98.0 cm³/mol. The molecule has 1 aromatic rings. The minimum atomic E-state index is 0.0372. The Hall–Kier alpha value is -1.88. The second-order valence-electron chi connectivity index (χ2n) is 7.20. The van der Waals surface area contributed by atoms with Crippen LogP contribution in [-0.4, -0.2) is 53.8 Å². The van der Waals surface area contributed by atoms with Crippen LogP contribution < -0.4 is 5.32 Å². The molecule has 1 aliphatic carbocycles. The highest BCUT2D eigenvalue weighted by atomic mass is 16.2. The van der Waals surface area contributed by atoms with Gasteiger partial charge >= 0.3 is 0 Å². The third kappa shape index (κ3) is 4.40. The molecule has 5 nitrogen and oxygen atoms in total. The van der Waals surface area contributed by atoms with Gasteiger partial charge < -0.3 is 10.2 Å². The van der Waals surface area contributed by atoms with Crippen molar-refractivity contribution in [2.75, 3.05) is 26.2 Å². The fraction of sp³-hybridized carbons (Fsp3) is 0.600. The van der Waals surface area contributed by atoms with E-state index < -0.39 is 0 Å². The molecule has 1 aromatic carbocycles. The quantitative estimate of drug-likeness (QED) is 0.826. The molecular formula is C20H29N3O2. The summed E-state index contributed by atoms with van der Waals surface area (Å²) in [5.74, 6) is 0.224. The summed E-state index contributed by atoms with van der Waals surface area (Å²) in [4.78, 5) is 28.7. The van der Waals surface area contributed by atoms with Crippen LogP contribution in [0.15, 0.2) is 30.3 Å². The van der Waals surface area contributed by atoms with Crippen LogP contribution in [0, 0.1) is 5.92 Å². The standard InChI is InChI=1S/C20H29N3O2/c1-3-23(19(24)13-21-20(25)17-9-10-17)18-11-12-22(14-18)15(2)16-7-5-4-6-8-16/h4-8,15,17-18H,3,9-14H2,1-2H3,(H,21,25)/t15-,18+/m0/s1. The lowest BCUT2D eigenvalue weighted by Crippen LogP contribution is -2.46. The molecular weight excluding hydrogens is 314 g/mol. The molecule has 3 rings (SSSR count). The summed E-state index contributed by atoms with van der Waals surface area (Å²) in [5.41, 5.74) is 1.31.